The van der Waals surface area contributed by atoms with Crippen molar-refractivity contribution in [3.63, 3.8) is 0 Å². The Labute approximate surface area is 161 Å². The highest BCUT2D eigenvalue weighted by Crippen LogP contribution is 2.35. The maximum absolute atomic E-state index is 12.3. The van der Waals surface area contributed by atoms with Crippen molar-refractivity contribution in [3.8, 4) is 5.75 Å². The molecule has 0 aliphatic rings. The number of hydrogen-bond acceptors (Lipinski definition) is 2. The Kier molecular flexibility index (Phi) is 5.98. The van der Waals surface area contributed by atoms with Crippen LogP contribution in [0.1, 0.15) is 58.2 Å². The molecule has 0 heterocycles. The van der Waals surface area contributed by atoms with E-state index in [1.807, 2.05) is 30.3 Å². The molecular formula is C23H27ClO2. The number of rotatable bonds is 3. The summed E-state index contributed by atoms with van der Waals surface area (Å²) in [6, 6.07) is 13.4. The predicted octanol–water partition coefficient (Wildman–Crippen LogP) is 6.55. The van der Waals surface area contributed by atoms with Gasteiger partial charge in [0.2, 0.25) is 0 Å². The zero-order valence-electron chi connectivity index (χ0n) is 16.4. The minimum atomic E-state index is -0.418. The van der Waals surface area contributed by atoms with Crippen molar-refractivity contribution < 1.29 is 9.53 Å². The number of carbonyl (C=O) groups excluding carboxylic acids is 1. The summed E-state index contributed by atoms with van der Waals surface area (Å²) in [5.74, 6) is 0.179. The Balaban J connectivity index is 2.28. The lowest BCUT2D eigenvalue weighted by molar-refractivity contribution is -0.128. The topological polar surface area (TPSA) is 26.3 Å². The lowest BCUT2D eigenvalue weighted by atomic mass is 9.80. The van der Waals surface area contributed by atoms with Crippen LogP contribution in [-0.2, 0) is 15.6 Å². The van der Waals surface area contributed by atoms with Crippen molar-refractivity contribution in [1.29, 1.82) is 0 Å². The third-order valence-corrected chi connectivity index (χ3v) is 4.51. The molecule has 0 N–H and O–H groups in total. The van der Waals surface area contributed by atoms with Gasteiger partial charge in [-0.3, -0.25) is 0 Å². The second-order valence-corrected chi connectivity index (χ2v) is 8.89. The van der Waals surface area contributed by atoms with Crippen molar-refractivity contribution in [1.82, 2.24) is 0 Å². The van der Waals surface area contributed by atoms with Gasteiger partial charge in [0.05, 0.1) is 0 Å². The molecule has 0 aliphatic heterocycles. The third kappa shape index (κ3) is 5.22. The molecule has 26 heavy (non-hydrogen) atoms. The highest BCUT2D eigenvalue weighted by atomic mass is 35.5. The van der Waals surface area contributed by atoms with E-state index in [9.17, 15) is 4.79 Å². The van der Waals surface area contributed by atoms with Crippen LogP contribution in [0.5, 0.6) is 5.75 Å². The van der Waals surface area contributed by atoms with E-state index in [1.165, 1.54) is 11.6 Å². The van der Waals surface area contributed by atoms with Gasteiger partial charge in [-0.05, 0) is 40.2 Å². The minimum absolute atomic E-state index is 0.0342. The van der Waals surface area contributed by atoms with Gasteiger partial charge in [-0.25, -0.2) is 4.79 Å². The van der Waals surface area contributed by atoms with E-state index < -0.39 is 5.97 Å². The van der Waals surface area contributed by atoms with E-state index in [-0.39, 0.29) is 10.8 Å². The van der Waals surface area contributed by atoms with Gasteiger partial charge in [0, 0.05) is 16.7 Å². The normalized spacial score (nSPS) is 12.4. The van der Waals surface area contributed by atoms with Gasteiger partial charge in [0.1, 0.15) is 5.75 Å². The fraction of sp³-hybridized carbons (Fsp3) is 0.348. The van der Waals surface area contributed by atoms with Gasteiger partial charge in [-0.1, -0.05) is 83.5 Å². The van der Waals surface area contributed by atoms with Crippen molar-refractivity contribution >= 4 is 23.6 Å². The van der Waals surface area contributed by atoms with E-state index in [0.29, 0.717) is 10.8 Å². The molecule has 0 aliphatic carbocycles. The Morgan fingerprint density at radius 3 is 2.19 bits per heavy atom. The van der Waals surface area contributed by atoms with Crippen LogP contribution in [0.2, 0.25) is 5.02 Å². The van der Waals surface area contributed by atoms with Crippen LogP contribution < -0.4 is 4.74 Å². The van der Waals surface area contributed by atoms with Gasteiger partial charge in [0.15, 0.2) is 0 Å². The van der Waals surface area contributed by atoms with Gasteiger partial charge < -0.3 is 4.74 Å². The monoisotopic (exact) mass is 370 g/mol. The summed E-state index contributed by atoms with van der Waals surface area (Å²) in [7, 11) is 0. The molecule has 3 heteroatoms. The Morgan fingerprint density at radius 1 is 0.962 bits per heavy atom. The van der Waals surface area contributed by atoms with E-state index in [2.05, 4.69) is 47.6 Å². The molecule has 0 unspecified atom stereocenters. The molecule has 2 nitrogen and oxygen atoms in total. The first kappa shape index (κ1) is 20.3. The van der Waals surface area contributed by atoms with Crippen molar-refractivity contribution in [3.05, 3.63) is 70.3 Å². The number of halogens is 1. The zero-order chi connectivity index (χ0) is 19.5. The molecule has 2 aromatic carbocycles. The number of carbonyl (C=O) groups is 1. The van der Waals surface area contributed by atoms with Gasteiger partial charge in [0.25, 0.3) is 0 Å². The van der Waals surface area contributed by atoms with Gasteiger partial charge in [-0.2, -0.15) is 0 Å². The molecule has 0 saturated carbocycles. The summed E-state index contributed by atoms with van der Waals surface area (Å²) in [5, 5.41) is 0.599. The summed E-state index contributed by atoms with van der Waals surface area (Å²) in [5.41, 5.74) is 2.92. The fourth-order valence-corrected chi connectivity index (χ4v) is 2.78. The molecule has 2 rings (SSSR count). The lowest BCUT2D eigenvalue weighted by Gasteiger charge is -2.26. The van der Waals surface area contributed by atoms with E-state index in [4.69, 9.17) is 16.3 Å². The molecule has 0 radical (unpaired) electrons. The van der Waals surface area contributed by atoms with Crippen LogP contribution in [0.15, 0.2) is 48.5 Å². The molecule has 0 fully saturated rings. The van der Waals surface area contributed by atoms with Crippen molar-refractivity contribution in [2.45, 2.75) is 52.4 Å². The van der Waals surface area contributed by atoms with Gasteiger partial charge >= 0.3 is 5.97 Å². The van der Waals surface area contributed by atoms with Crippen LogP contribution in [0.25, 0.3) is 6.08 Å². The minimum Gasteiger partial charge on any atom is -0.423 e. The summed E-state index contributed by atoms with van der Waals surface area (Å²) in [6.07, 6.45) is 3.08. The number of esters is 1. The number of benzene rings is 2. The smallest absolute Gasteiger partial charge is 0.336 e. The quantitative estimate of drug-likeness (QED) is 0.347. The summed E-state index contributed by atoms with van der Waals surface area (Å²) >= 11 is 6.11. The van der Waals surface area contributed by atoms with E-state index in [1.54, 1.807) is 12.1 Å². The second-order valence-electron chi connectivity index (χ2n) is 8.49. The lowest BCUT2D eigenvalue weighted by Crippen LogP contribution is -2.18. The molecule has 0 spiro atoms. The first-order valence-corrected chi connectivity index (χ1v) is 9.16. The summed E-state index contributed by atoms with van der Waals surface area (Å²) in [6.45, 7) is 12.9. The molecule has 138 valence electrons. The van der Waals surface area contributed by atoms with Crippen LogP contribution in [0.3, 0.4) is 0 Å². The van der Waals surface area contributed by atoms with Crippen molar-refractivity contribution in [2.24, 2.45) is 0 Å². The summed E-state index contributed by atoms with van der Waals surface area (Å²) < 4.78 is 5.63. The average Bonchev–Trinajstić information content (AvgIpc) is 2.52. The fourth-order valence-electron chi connectivity index (χ4n) is 2.58. The largest absolute Gasteiger partial charge is 0.423 e. The molecule has 0 amide bonds. The van der Waals surface area contributed by atoms with Crippen LogP contribution in [0, 0.1) is 0 Å². The first-order chi connectivity index (χ1) is 12.0. The van der Waals surface area contributed by atoms with Crippen molar-refractivity contribution in [2.75, 3.05) is 0 Å². The van der Waals surface area contributed by atoms with E-state index in [0.717, 1.165) is 11.1 Å². The maximum atomic E-state index is 12.3. The first-order valence-electron chi connectivity index (χ1n) is 8.78. The Bertz CT molecular complexity index is 821. The SMILES string of the molecule is CC(C)(C)c1ccc(OC(=O)/C=C\c2ccccc2Cl)c(C(C)(C)C)c1. The second kappa shape index (κ2) is 7.67. The molecule has 0 aromatic heterocycles. The summed E-state index contributed by atoms with van der Waals surface area (Å²) in [4.78, 5) is 12.3. The molecule has 0 saturated heterocycles. The standard InChI is InChI=1S/C23H27ClO2/c1-22(2,3)17-12-13-20(18(15-17)23(4,5)6)26-21(25)14-11-16-9-7-8-10-19(16)24/h7-15H,1-6H3/b14-11-. The molecule has 2 aromatic rings. The Morgan fingerprint density at radius 2 is 1.62 bits per heavy atom. The third-order valence-electron chi connectivity index (χ3n) is 4.17. The Hall–Kier alpha value is -2.06. The molecular weight excluding hydrogens is 344 g/mol. The number of hydrogen-bond donors (Lipinski definition) is 0. The zero-order valence-corrected chi connectivity index (χ0v) is 17.1. The van der Waals surface area contributed by atoms with Gasteiger partial charge in [-0.15, -0.1) is 0 Å². The maximum Gasteiger partial charge on any atom is 0.336 e. The predicted molar refractivity (Wildman–Crippen MR) is 110 cm³/mol. The number of ether oxygens (including phenoxy) is 1. The highest BCUT2D eigenvalue weighted by molar-refractivity contribution is 6.32. The van der Waals surface area contributed by atoms with Crippen LogP contribution in [0.4, 0.5) is 0 Å². The average molecular weight is 371 g/mol. The van der Waals surface area contributed by atoms with Crippen LogP contribution in [-0.4, -0.2) is 5.97 Å². The highest BCUT2D eigenvalue weighted by Gasteiger charge is 2.23. The molecule has 0 atom stereocenters. The van der Waals surface area contributed by atoms with Crippen LogP contribution >= 0.6 is 11.6 Å². The molecule has 0 bridgehead atoms. The van der Waals surface area contributed by atoms with E-state index >= 15 is 0 Å².